The molecule has 0 saturated carbocycles. The molecule has 0 saturated heterocycles. The Balaban J connectivity index is 3.16. The lowest BCUT2D eigenvalue weighted by atomic mass is 10.2. The molecule has 0 bridgehead atoms. The van der Waals surface area contributed by atoms with Crippen molar-refractivity contribution in [3.63, 3.8) is 0 Å². The van der Waals surface area contributed by atoms with Crippen LogP contribution < -0.4 is 4.72 Å². The number of carbonyl (C=O) groups is 1. The number of hydrogen-bond acceptors (Lipinski definition) is 4. The largest absolute Gasteiger partial charge is 0.478 e. The molecule has 17 heavy (non-hydrogen) atoms. The van der Waals surface area contributed by atoms with Crippen LogP contribution in [0.25, 0.3) is 0 Å². The van der Waals surface area contributed by atoms with Crippen LogP contribution in [-0.4, -0.2) is 37.8 Å². The van der Waals surface area contributed by atoms with Gasteiger partial charge in [-0.05, 0) is 18.2 Å². The molecule has 1 rings (SSSR count). The van der Waals surface area contributed by atoms with Crippen molar-refractivity contribution in [3.05, 3.63) is 28.8 Å². The minimum Gasteiger partial charge on any atom is -0.478 e. The number of hydrogen-bond donors (Lipinski definition) is 3. The van der Waals surface area contributed by atoms with E-state index in [0.717, 1.165) is 6.07 Å². The number of carboxylic acids is 1. The Morgan fingerprint density at radius 2 is 2.06 bits per heavy atom. The highest BCUT2D eigenvalue weighted by Crippen LogP contribution is 2.20. The van der Waals surface area contributed by atoms with E-state index in [2.05, 4.69) is 4.72 Å². The van der Waals surface area contributed by atoms with Crippen LogP contribution >= 0.6 is 11.6 Å². The number of carboxylic acid groups (broad SMARTS) is 1. The van der Waals surface area contributed by atoms with Crippen LogP contribution in [0.3, 0.4) is 0 Å². The second kappa shape index (κ2) is 5.46. The number of halogens is 1. The second-order valence-corrected chi connectivity index (χ2v) is 5.24. The zero-order valence-electron chi connectivity index (χ0n) is 8.55. The van der Waals surface area contributed by atoms with E-state index in [1.165, 1.54) is 12.1 Å². The first-order valence-corrected chi connectivity index (χ1v) is 6.38. The zero-order chi connectivity index (χ0) is 13.1. The van der Waals surface area contributed by atoms with Gasteiger partial charge in [0.15, 0.2) is 0 Å². The maximum atomic E-state index is 11.6. The highest BCUT2D eigenvalue weighted by molar-refractivity contribution is 7.89. The van der Waals surface area contributed by atoms with E-state index in [0.29, 0.717) is 0 Å². The number of rotatable bonds is 5. The van der Waals surface area contributed by atoms with Gasteiger partial charge in [0.2, 0.25) is 10.0 Å². The lowest BCUT2D eigenvalue weighted by Crippen LogP contribution is -2.26. The predicted molar refractivity (Wildman–Crippen MR) is 60.7 cm³/mol. The van der Waals surface area contributed by atoms with Gasteiger partial charge in [0.05, 0.1) is 22.1 Å². The molecular weight excluding hydrogens is 270 g/mol. The molecule has 0 unspecified atom stereocenters. The standard InChI is InChI=1S/C9H10ClNO5S/c10-8-2-1-6(5-7(8)9(13)14)17(15,16)11-3-4-12/h1-2,5,11-12H,3-4H2,(H,13,14). The molecule has 0 aliphatic carbocycles. The van der Waals surface area contributed by atoms with Crippen molar-refractivity contribution < 1.29 is 23.4 Å². The zero-order valence-corrected chi connectivity index (χ0v) is 10.1. The normalized spacial score (nSPS) is 11.4. The Morgan fingerprint density at radius 3 is 2.59 bits per heavy atom. The number of aromatic carboxylic acids is 1. The summed E-state index contributed by atoms with van der Waals surface area (Å²) in [5.74, 6) is -1.31. The average molecular weight is 280 g/mol. The fraction of sp³-hybridized carbons (Fsp3) is 0.222. The fourth-order valence-corrected chi connectivity index (χ4v) is 2.34. The summed E-state index contributed by atoms with van der Waals surface area (Å²) in [5, 5.41) is 17.3. The van der Waals surface area contributed by atoms with Crippen molar-refractivity contribution in [1.29, 1.82) is 0 Å². The highest BCUT2D eigenvalue weighted by atomic mass is 35.5. The van der Waals surface area contributed by atoms with Gasteiger partial charge in [0.25, 0.3) is 0 Å². The summed E-state index contributed by atoms with van der Waals surface area (Å²) in [6, 6.07) is 3.34. The Hall–Kier alpha value is -1.15. The molecule has 0 heterocycles. The summed E-state index contributed by atoms with van der Waals surface area (Å²) in [7, 11) is -3.83. The lowest BCUT2D eigenvalue weighted by Gasteiger charge is -2.06. The first-order valence-electron chi connectivity index (χ1n) is 4.52. The van der Waals surface area contributed by atoms with E-state index >= 15 is 0 Å². The van der Waals surface area contributed by atoms with Crippen molar-refractivity contribution >= 4 is 27.6 Å². The Bertz CT molecular complexity index is 528. The summed E-state index contributed by atoms with van der Waals surface area (Å²) >= 11 is 5.61. The van der Waals surface area contributed by atoms with Gasteiger partial charge in [-0.2, -0.15) is 0 Å². The molecule has 0 fully saturated rings. The molecule has 3 N–H and O–H groups in total. The van der Waals surface area contributed by atoms with E-state index in [1.54, 1.807) is 0 Å². The van der Waals surface area contributed by atoms with Crippen LogP contribution in [-0.2, 0) is 10.0 Å². The maximum Gasteiger partial charge on any atom is 0.337 e. The van der Waals surface area contributed by atoms with Crippen molar-refractivity contribution in [3.8, 4) is 0 Å². The summed E-state index contributed by atoms with van der Waals surface area (Å²) in [4.78, 5) is 10.6. The van der Waals surface area contributed by atoms with Crippen LogP contribution in [0.1, 0.15) is 10.4 Å². The summed E-state index contributed by atoms with van der Waals surface area (Å²) in [5.41, 5.74) is -0.293. The minimum atomic E-state index is -3.83. The van der Waals surface area contributed by atoms with Gasteiger partial charge in [-0.3, -0.25) is 0 Å². The van der Waals surface area contributed by atoms with Crippen molar-refractivity contribution in [2.75, 3.05) is 13.2 Å². The van der Waals surface area contributed by atoms with Crippen LogP contribution in [0, 0.1) is 0 Å². The summed E-state index contributed by atoms with van der Waals surface area (Å²) < 4.78 is 25.3. The number of benzene rings is 1. The monoisotopic (exact) mass is 279 g/mol. The third-order valence-electron chi connectivity index (χ3n) is 1.88. The average Bonchev–Trinajstić information content (AvgIpc) is 2.26. The molecule has 1 aromatic carbocycles. The van der Waals surface area contributed by atoms with Gasteiger partial charge in [0.1, 0.15) is 0 Å². The fourth-order valence-electron chi connectivity index (χ4n) is 1.10. The molecule has 0 aromatic heterocycles. The molecule has 0 aliphatic heterocycles. The Labute approximate surface area is 103 Å². The van der Waals surface area contributed by atoms with Crippen LogP contribution in [0.15, 0.2) is 23.1 Å². The molecule has 0 spiro atoms. The SMILES string of the molecule is O=C(O)c1cc(S(=O)(=O)NCCO)ccc1Cl. The molecule has 6 nitrogen and oxygen atoms in total. The van der Waals surface area contributed by atoms with Crippen LogP contribution in [0.4, 0.5) is 0 Å². The molecule has 1 aromatic rings. The maximum absolute atomic E-state index is 11.6. The van der Waals surface area contributed by atoms with Crippen molar-refractivity contribution in [2.45, 2.75) is 4.90 Å². The number of aliphatic hydroxyl groups is 1. The van der Waals surface area contributed by atoms with E-state index in [1.807, 2.05) is 0 Å². The molecule has 0 amide bonds. The van der Waals surface area contributed by atoms with Crippen molar-refractivity contribution in [2.24, 2.45) is 0 Å². The van der Waals surface area contributed by atoms with Gasteiger partial charge in [0, 0.05) is 6.54 Å². The summed E-state index contributed by atoms with van der Waals surface area (Å²) in [6.07, 6.45) is 0. The van der Waals surface area contributed by atoms with E-state index < -0.39 is 16.0 Å². The number of sulfonamides is 1. The van der Waals surface area contributed by atoms with Crippen LogP contribution in [0.2, 0.25) is 5.02 Å². The van der Waals surface area contributed by atoms with Gasteiger partial charge in [-0.15, -0.1) is 0 Å². The van der Waals surface area contributed by atoms with E-state index in [-0.39, 0.29) is 28.6 Å². The van der Waals surface area contributed by atoms with Crippen LogP contribution in [0.5, 0.6) is 0 Å². The van der Waals surface area contributed by atoms with Crippen molar-refractivity contribution in [1.82, 2.24) is 4.72 Å². The number of aliphatic hydroxyl groups excluding tert-OH is 1. The smallest absolute Gasteiger partial charge is 0.337 e. The predicted octanol–water partition coefficient (Wildman–Crippen LogP) is 0.309. The molecule has 0 aliphatic rings. The van der Waals surface area contributed by atoms with E-state index in [9.17, 15) is 13.2 Å². The lowest BCUT2D eigenvalue weighted by molar-refractivity contribution is 0.0697. The van der Waals surface area contributed by atoms with Gasteiger partial charge >= 0.3 is 5.97 Å². The third-order valence-corrected chi connectivity index (χ3v) is 3.67. The molecule has 94 valence electrons. The quantitative estimate of drug-likeness (QED) is 0.720. The number of nitrogens with one attached hydrogen (secondary N) is 1. The minimum absolute atomic E-state index is 0.0430. The molecule has 8 heteroatoms. The summed E-state index contributed by atoms with van der Waals surface area (Å²) in [6.45, 7) is -0.494. The van der Waals surface area contributed by atoms with E-state index in [4.69, 9.17) is 21.8 Å². The second-order valence-electron chi connectivity index (χ2n) is 3.07. The first kappa shape index (κ1) is 13.9. The first-order chi connectivity index (χ1) is 7.88. The third kappa shape index (κ3) is 3.40. The van der Waals surface area contributed by atoms with Gasteiger partial charge in [-0.25, -0.2) is 17.9 Å². The Morgan fingerprint density at radius 1 is 1.41 bits per heavy atom. The molecule has 0 radical (unpaired) electrons. The van der Waals surface area contributed by atoms with Gasteiger partial charge < -0.3 is 10.2 Å². The van der Waals surface area contributed by atoms with Gasteiger partial charge in [-0.1, -0.05) is 11.6 Å². The molecular formula is C9H10ClNO5S. The topological polar surface area (TPSA) is 104 Å². The molecule has 0 atom stereocenters. The highest BCUT2D eigenvalue weighted by Gasteiger charge is 2.17. The Kier molecular flexibility index (Phi) is 4.47.